The molecule has 0 saturated heterocycles. The molecule has 1 heterocycles. The summed E-state index contributed by atoms with van der Waals surface area (Å²) < 4.78 is 10.6. The topological polar surface area (TPSA) is 54.3 Å². The maximum absolute atomic E-state index is 9.22. The lowest BCUT2D eigenvalue weighted by molar-refractivity contribution is 0.174. The van der Waals surface area contributed by atoms with Gasteiger partial charge in [-0.15, -0.1) is 6.42 Å². The molecule has 0 radical (unpaired) electrons. The van der Waals surface area contributed by atoms with Crippen molar-refractivity contribution in [3.8, 4) is 29.9 Å². The smallest absolute Gasteiger partial charge is 0.231 e. The summed E-state index contributed by atoms with van der Waals surface area (Å²) in [5.41, 5.74) is 0.510. The number of nitriles is 1. The fraction of sp³-hybridized carbons (Fsp3) is 0.400. The zero-order valence-corrected chi connectivity index (χ0v) is 10.9. The van der Waals surface area contributed by atoms with Crippen LogP contribution in [0.3, 0.4) is 0 Å². The minimum Gasteiger partial charge on any atom is -0.454 e. The Labute approximate surface area is 113 Å². The summed E-state index contributed by atoms with van der Waals surface area (Å²) in [6, 6.07) is 8.12. The van der Waals surface area contributed by atoms with E-state index in [4.69, 9.17) is 15.9 Å². The van der Waals surface area contributed by atoms with Crippen molar-refractivity contribution in [2.45, 2.75) is 25.3 Å². The first-order valence-electron chi connectivity index (χ1n) is 6.15. The number of fused-ring (bicyclic) bond motifs is 1. The van der Waals surface area contributed by atoms with Gasteiger partial charge < -0.3 is 9.47 Å². The molecule has 1 aliphatic heterocycles. The van der Waals surface area contributed by atoms with Gasteiger partial charge in [-0.1, -0.05) is 12.0 Å². The summed E-state index contributed by atoms with van der Waals surface area (Å²) in [6.45, 7) is 2.53. The van der Waals surface area contributed by atoms with Crippen LogP contribution in [-0.2, 0) is 6.42 Å². The van der Waals surface area contributed by atoms with Crippen LogP contribution in [0, 0.1) is 23.7 Å². The largest absolute Gasteiger partial charge is 0.454 e. The molecule has 0 bridgehead atoms. The first-order chi connectivity index (χ1) is 9.17. The highest BCUT2D eigenvalue weighted by atomic mass is 16.7. The molecule has 0 aromatic heterocycles. The third-order valence-electron chi connectivity index (χ3n) is 3.18. The van der Waals surface area contributed by atoms with Crippen molar-refractivity contribution in [3.05, 3.63) is 23.8 Å². The third-order valence-corrected chi connectivity index (χ3v) is 3.18. The predicted octanol–water partition coefficient (Wildman–Crippen LogP) is 1.85. The number of terminal acetylenes is 1. The lowest BCUT2D eigenvalue weighted by Gasteiger charge is -2.22. The van der Waals surface area contributed by atoms with E-state index in [0.717, 1.165) is 23.5 Å². The average molecular weight is 256 g/mol. The summed E-state index contributed by atoms with van der Waals surface area (Å²) in [5.74, 6) is 4.04. The van der Waals surface area contributed by atoms with Crippen LogP contribution in [0.1, 0.15) is 18.9 Å². The highest BCUT2D eigenvalue weighted by Crippen LogP contribution is 2.33. The molecule has 4 nitrogen and oxygen atoms in total. The molecule has 2 rings (SSSR count). The molecule has 0 amide bonds. The number of aryl methyl sites for hydroxylation is 1. The molecule has 98 valence electrons. The molecule has 1 aromatic carbocycles. The molecule has 0 spiro atoms. The van der Waals surface area contributed by atoms with E-state index in [2.05, 4.69) is 17.3 Å². The third kappa shape index (κ3) is 3.19. The van der Waals surface area contributed by atoms with Crippen LogP contribution in [0.15, 0.2) is 18.2 Å². The van der Waals surface area contributed by atoms with Crippen molar-refractivity contribution in [1.82, 2.24) is 5.32 Å². The molecular formula is C15H16N2O2. The fourth-order valence-corrected chi connectivity index (χ4v) is 1.92. The second kappa shape index (κ2) is 5.65. The SMILES string of the molecule is C#CCNC(C)(C#N)CCc1ccc2c(c1)OCO2. The van der Waals surface area contributed by atoms with Crippen molar-refractivity contribution in [2.75, 3.05) is 13.3 Å². The van der Waals surface area contributed by atoms with Gasteiger partial charge in [0.25, 0.3) is 0 Å². The van der Waals surface area contributed by atoms with Crippen molar-refractivity contribution in [2.24, 2.45) is 0 Å². The van der Waals surface area contributed by atoms with Gasteiger partial charge in [0, 0.05) is 0 Å². The highest BCUT2D eigenvalue weighted by molar-refractivity contribution is 5.44. The van der Waals surface area contributed by atoms with E-state index in [1.165, 1.54) is 0 Å². The Bertz CT molecular complexity index is 542. The lowest BCUT2D eigenvalue weighted by Crippen LogP contribution is -2.41. The van der Waals surface area contributed by atoms with Gasteiger partial charge in [0.15, 0.2) is 11.5 Å². The Hall–Kier alpha value is -2.17. The Morgan fingerprint density at radius 2 is 2.21 bits per heavy atom. The highest BCUT2D eigenvalue weighted by Gasteiger charge is 2.22. The van der Waals surface area contributed by atoms with Crippen LogP contribution >= 0.6 is 0 Å². The number of benzene rings is 1. The molecule has 0 fully saturated rings. The van der Waals surface area contributed by atoms with Gasteiger partial charge in [0.2, 0.25) is 6.79 Å². The van der Waals surface area contributed by atoms with Crippen molar-refractivity contribution in [3.63, 3.8) is 0 Å². The van der Waals surface area contributed by atoms with Gasteiger partial charge in [0.05, 0.1) is 12.6 Å². The number of rotatable bonds is 5. The van der Waals surface area contributed by atoms with E-state index < -0.39 is 5.54 Å². The quantitative estimate of drug-likeness (QED) is 0.817. The van der Waals surface area contributed by atoms with Crippen molar-refractivity contribution >= 4 is 0 Å². The van der Waals surface area contributed by atoms with Crippen LogP contribution < -0.4 is 14.8 Å². The Morgan fingerprint density at radius 3 is 2.95 bits per heavy atom. The van der Waals surface area contributed by atoms with E-state index in [1.54, 1.807) is 0 Å². The molecule has 4 heteroatoms. The second-order valence-corrected chi connectivity index (χ2v) is 4.69. The monoisotopic (exact) mass is 256 g/mol. The minimum atomic E-state index is -0.608. The van der Waals surface area contributed by atoms with E-state index in [1.807, 2.05) is 25.1 Å². The van der Waals surface area contributed by atoms with Gasteiger partial charge in [-0.05, 0) is 37.5 Å². The van der Waals surface area contributed by atoms with Crippen LogP contribution in [-0.4, -0.2) is 18.9 Å². The number of hydrogen-bond acceptors (Lipinski definition) is 4. The number of nitrogens with zero attached hydrogens (tertiary/aromatic N) is 1. The normalized spacial score (nSPS) is 15.3. The van der Waals surface area contributed by atoms with Gasteiger partial charge in [-0.2, -0.15) is 5.26 Å². The lowest BCUT2D eigenvalue weighted by atomic mass is 9.94. The molecule has 1 aliphatic rings. The molecule has 1 atom stereocenters. The average Bonchev–Trinajstić information content (AvgIpc) is 2.90. The predicted molar refractivity (Wildman–Crippen MR) is 71.7 cm³/mol. The minimum absolute atomic E-state index is 0.276. The molecular weight excluding hydrogens is 240 g/mol. The van der Waals surface area contributed by atoms with Gasteiger partial charge in [-0.3, -0.25) is 5.32 Å². The zero-order valence-electron chi connectivity index (χ0n) is 10.9. The summed E-state index contributed by atoms with van der Waals surface area (Å²) >= 11 is 0. The van der Waals surface area contributed by atoms with E-state index in [9.17, 15) is 5.26 Å². The van der Waals surface area contributed by atoms with E-state index in [0.29, 0.717) is 13.0 Å². The molecule has 1 unspecified atom stereocenters. The number of ether oxygens (including phenoxy) is 2. The summed E-state index contributed by atoms with van der Waals surface area (Å²) in [5, 5.41) is 12.3. The van der Waals surface area contributed by atoms with Gasteiger partial charge in [0.1, 0.15) is 5.54 Å². The fourth-order valence-electron chi connectivity index (χ4n) is 1.92. The number of nitrogens with one attached hydrogen (secondary N) is 1. The first kappa shape index (κ1) is 13.3. The summed E-state index contributed by atoms with van der Waals surface area (Å²) in [4.78, 5) is 0. The van der Waals surface area contributed by atoms with Crippen LogP contribution in [0.2, 0.25) is 0 Å². The molecule has 1 aromatic rings. The molecule has 1 N–H and O–H groups in total. The maximum atomic E-state index is 9.22. The Kier molecular flexibility index (Phi) is 3.94. The van der Waals surface area contributed by atoms with E-state index >= 15 is 0 Å². The van der Waals surface area contributed by atoms with E-state index in [-0.39, 0.29) is 6.79 Å². The Morgan fingerprint density at radius 1 is 1.42 bits per heavy atom. The van der Waals surface area contributed by atoms with Gasteiger partial charge in [-0.25, -0.2) is 0 Å². The molecule has 19 heavy (non-hydrogen) atoms. The summed E-state index contributed by atoms with van der Waals surface area (Å²) in [6.07, 6.45) is 6.67. The van der Waals surface area contributed by atoms with Crippen LogP contribution in [0.4, 0.5) is 0 Å². The second-order valence-electron chi connectivity index (χ2n) is 4.69. The zero-order chi connectivity index (χ0) is 13.7. The number of hydrogen-bond donors (Lipinski definition) is 1. The van der Waals surface area contributed by atoms with Crippen molar-refractivity contribution in [1.29, 1.82) is 5.26 Å². The van der Waals surface area contributed by atoms with Crippen LogP contribution in [0.25, 0.3) is 0 Å². The van der Waals surface area contributed by atoms with Crippen LogP contribution in [0.5, 0.6) is 11.5 Å². The van der Waals surface area contributed by atoms with Gasteiger partial charge >= 0.3 is 0 Å². The maximum Gasteiger partial charge on any atom is 0.231 e. The first-order valence-corrected chi connectivity index (χ1v) is 6.15. The Balaban J connectivity index is 1.98. The molecule has 0 aliphatic carbocycles. The summed E-state index contributed by atoms with van der Waals surface area (Å²) in [7, 11) is 0. The van der Waals surface area contributed by atoms with Crippen molar-refractivity contribution < 1.29 is 9.47 Å². The molecule has 0 saturated carbocycles. The standard InChI is InChI=1S/C15H16N2O2/c1-3-8-17-15(2,10-16)7-6-12-4-5-13-14(9-12)19-11-18-13/h1,4-5,9,17H,6-8,11H2,2H3.